The van der Waals surface area contributed by atoms with Gasteiger partial charge in [0, 0.05) is 5.41 Å². The maximum Gasteiger partial charge on any atom is 0.0130 e. The monoisotopic (exact) mass is 184 g/mol. The molecule has 1 aromatic carbocycles. The van der Waals surface area contributed by atoms with Crippen molar-refractivity contribution in [2.45, 2.75) is 37.5 Å². The first-order chi connectivity index (χ1) is 6.84. The minimum Gasteiger partial charge on any atom is -0.102 e. The molecule has 0 unspecified atom stereocenters. The Kier molecular flexibility index (Phi) is 1.61. The molecule has 0 heteroatoms. The van der Waals surface area contributed by atoms with Crippen LogP contribution in [0.1, 0.15) is 36.0 Å². The van der Waals surface area contributed by atoms with Gasteiger partial charge >= 0.3 is 0 Å². The highest BCUT2D eigenvalue weighted by molar-refractivity contribution is 5.43. The number of aryl methyl sites for hydroxylation is 2. The molecule has 2 aliphatic rings. The van der Waals surface area contributed by atoms with E-state index in [1.807, 2.05) is 0 Å². The van der Waals surface area contributed by atoms with E-state index < -0.39 is 0 Å². The number of benzene rings is 1. The first-order valence-electron chi connectivity index (χ1n) is 5.60. The summed E-state index contributed by atoms with van der Waals surface area (Å²) in [6.45, 7) is 3.96. The Morgan fingerprint density at radius 1 is 1.14 bits per heavy atom. The van der Waals surface area contributed by atoms with Gasteiger partial charge in [0.25, 0.3) is 0 Å². The molecule has 0 saturated heterocycles. The van der Waals surface area contributed by atoms with E-state index >= 15 is 0 Å². The molecule has 0 N–H and O–H groups in total. The summed E-state index contributed by atoms with van der Waals surface area (Å²) in [4.78, 5) is 0. The van der Waals surface area contributed by atoms with Crippen LogP contribution in [0.2, 0.25) is 0 Å². The van der Waals surface area contributed by atoms with Crippen molar-refractivity contribution in [2.75, 3.05) is 0 Å². The van der Waals surface area contributed by atoms with Crippen molar-refractivity contribution in [2.24, 2.45) is 0 Å². The molecule has 0 nitrogen and oxygen atoms in total. The predicted octanol–water partition coefficient (Wildman–Crippen LogP) is 3.39. The highest BCUT2D eigenvalue weighted by atomic mass is 14.4. The lowest BCUT2D eigenvalue weighted by molar-refractivity contribution is 0.887. The second-order valence-electron chi connectivity index (χ2n) is 4.70. The zero-order valence-electron chi connectivity index (χ0n) is 8.55. The Morgan fingerprint density at radius 3 is 2.64 bits per heavy atom. The van der Waals surface area contributed by atoms with Gasteiger partial charge < -0.3 is 0 Å². The summed E-state index contributed by atoms with van der Waals surface area (Å²) in [7, 11) is 0. The molecule has 14 heavy (non-hydrogen) atoms. The van der Waals surface area contributed by atoms with E-state index in [1.165, 1.54) is 37.7 Å². The summed E-state index contributed by atoms with van der Waals surface area (Å²) in [5.74, 6) is 0. The molecule has 0 heterocycles. The van der Waals surface area contributed by atoms with Crippen molar-refractivity contribution in [3.05, 3.63) is 47.5 Å². The van der Waals surface area contributed by atoms with Crippen LogP contribution in [0.3, 0.4) is 0 Å². The lowest BCUT2D eigenvalue weighted by Crippen LogP contribution is -2.02. The Morgan fingerprint density at radius 2 is 1.93 bits per heavy atom. The highest BCUT2D eigenvalue weighted by Gasteiger charge is 2.41. The van der Waals surface area contributed by atoms with Crippen LogP contribution in [0.15, 0.2) is 30.9 Å². The van der Waals surface area contributed by atoms with Gasteiger partial charge in [-0.2, -0.15) is 0 Å². The van der Waals surface area contributed by atoms with Gasteiger partial charge in [-0.15, -0.1) is 6.58 Å². The molecule has 72 valence electrons. The van der Waals surface area contributed by atoms with Gasteiger partial charge in [0.2, 0.25) is 0 Å². The first kappa shape index (κ1) is 8.28. The molecule has 0 bridgehead atoms. The number of rotatable bonds is 2. The van der Waals surface area contributed by atoms with Crippen molar-refractivity contribution in [1.29, 1.82) is 0 Å². The van der Waals surface area contributed by atoms with Crippen molar-refractivity contribution >= 4 is 0 Å². The molecular weight excluding hydrogens is 168 g/mol. The number of hydrogen-bond donors (Lipinski definition) is 0. The third-order valence-electron chi connectivity index (χ3n) is 3.85. The Bertz CT molecular complexity index is 383. The van der Waals surface area contributed by atoms with Gasteiger partial charge in [0.15, 0.2) is 0 Å². The normalized spacial score (nSPS) is 21.7. The molecule has 0 spiro atoms. The summed E-state index contributed by atoms with van der Waals surface area (Å²) >= 11 is 0. The van der Waals surface area contributed by atoms with E-state index in [4.69, 9.17) is 0 Å². The zero-order valence-corrected chi connectivity index (χ0v) is 8.55. The highest BCUT2D eigenvalue weighted by Crippen LogP contribution is 2.49. The average Bonchev–Trinajstić information content (AvgIpc) is 2.89. The van der Waals surface area contributed by atoms with Crippen LogP contribution >= 0.6 is 0 Å². The van der Waals surface area contributed by atoms with Crippen LogP contribution in [0.4, 0.5) is 0 Å². The van der Waals surface area contributed by atoms with E-state index in [2.05, 4.69) is 30.9 Å². The molecule has 0 aromatic heterocycles. The molecule has 0 atom stereocenters. The standard InChI is InChI=1S/C14H16/c1-2-14(8-9-14)13-7-6-11-4-3-5-12(11)10-13/h2,6-7,10H,1,3-5,8-9H2. The molecule has 0 aliphatic heterocycles. The summed E-state index contributed by atoms with van der Waals surface area (Å²) < 4.78 is 0. The van der Waals surface area contributed by atoms with Gasteiger partial charge in [0.05, 0.1) is 0 Å². The van der Waals surface area contributed by atoms with Crippen LogP contribution in [0.5, 0.6) is 0 Å². The maximum atomic E-state index is 3.96. The van der Waals surface area contributed by atoms with Crippen molar-refractivity contribution in [3.63, 3.8) is 0 Å². The van der Waals surface area contributed by atoms with Crippen molar-refractivity contribution in [3.8, 4) is 0 Å². The number of hydrogen-bond acceptors (Lipinski definition) is 0. The van der Waals surface area contributed by atoms with E-state index in [-0.39, 0.29) is 0 Å². The second-order valence-corrected chi connectivity index (χ2v) is 4.70. The van der Waals surface area contributed by atoms with Gasteiger partial charge in [-0.1, -0.05) is 24.3 Å². The largest absolute Gasteiger partial charge is 0.102 e. The third kappa shape index (κ3) is 1.06. The molecular formula is C14H16. The lowest BCUT2D eigenvalue weighted by Gasteiger charge is -2.11. The topological polar surface area (TPSA) is 0 Å². The summed E-state index contributed by atoms with van der Waals surface area (Å²) in [6, 6.07) is 7.08. The first-order valence-corrected chi connectivity index (χ1v) is 5.60. The lowest BCUT2D eigenvalue weighted by atomic mass is 9.93. The smallest absolute Gasteiger partial charge is 0.0130 e. The summed E-state index contributed by atoms with van der Waals surface area (Å²) in [6.07, 6.45) is 8.67. The average molecular weight is 184 g/mol. The van der Waals surface area contributed by atoms with Crippen LogP contribution in [-0.2, 0) is 18.3 Å². The Balaban J connectivity index is 2.04. The Hall–Kier alpha value is -1.04. The van der Waals surface area contributed by atoms with Gasteiger partial charge in [-0.25, -0.2) is 0 Å². The molecule has 1 saturated carbocycles. The van der Waals surface area contributed by atoms with E-state index in [1.54, 1.807) is 11.1 Å². The summed E-state index contributed by atoms with van der Waals surface area (Å²) in [5.41, 5.74) is 5.04. The van der Waals surface area contributed by atoms with Gasteiger partial charge in [-0.05, 0) is 48.8 Å². The van der Waals surface area contributed by atoms with E-state index in [9.17, 15) is 0 Å². The van der Waals surface area contributed by atoms with Crippen LogP contribution < -0.4 is 0 Å². The fourth-order valence-electron chi connectivity index (χ4n) is 2.63. The molecule has 0 radical (unpaired) electrons. The van der Waals surface area contributed by atoms with Gasteiger partial charge in [0.1, 0.15) is 0 Å². The predicted molar refractivity (Wildman–Crippen MR) is 59.6 cm³/mol. The number of allylic oxidation sites excluding steroid dienone is 1. The van der Waals surface area contributed by atoms with E-state index in [0.29, 0.717) is 5.41 Å². The SMILES string of the molecule is C=CC1(c2ccc3c(c2)CCC3)CC1. The molecule has 1 aromatic rings. The minimum absolute atomic E-state index is 0.359. The van der Waals surface area contributed by atoms with Crippen LogP contribution in [-0.4, -0.2) is 0 Å². The molecule has 2 aliphatic carbocycles. The summed E-state index contributed by atoms with van der Waals surface area (Å²) in [5, 5.41) is 0. The zero-order chi connectivity index (χ0) is 9.60. The fourth-order valence-corrected chi connectivity index (χ4v) is 2.63. The van der Waals surface area contributed by atoms with Crippen LogP contribution in [0, 0.1) is 0 Å². The molecule has 0 amide bonds. The fraction of sp³-hybridized carbons (Fsp3) is 0.429. The third-order valence-corrected chi connectivity index (χ3v) is 3.85. The quantitative estimate of drug-likeness (QED) is 0.618. The molecule has 3 rings (SSSR count). The molecule has 1 fully saturated rings. The van der Waals surface area contributed by atoms with Crippen LogP contribution in [0.25, 0.3) is 0 Å². The minimum atomic E-state index is 0.359. The maximum absolute atomic E-state index is 3.96. The van der Waals surface area contributed by atoms with Crippen molar-refractivity contribution < 1.29 is 0 Å². The Labute approximate surface area is 85.6 Å². The van der Waals surface area contributed by atoms with Gasteiger partial charge in [-0.3, -0.25) is 0 Å². The van der Waals surface area contributed by atoms with Crippen molar-refractivity contribution in [1.82, 2.24) is 0 Å². The second kappa shape index (κ2) is 2.73. The van der Waals surface area contributed by atoms with E-state index in [0.717, 1.165) is 0 Å². The number of fused-ring (bicyclic) bond motifs is 1.